The van der Waals surface area contributed by atoms with Crippen LogP contribution in [-0.4, -0.2) is 41.3 Å². The molecule has 0 aromatic carbocycles. The Labute approximate surface area is 110 Å². The lowest BCUT2D eigenvalue weighted by atomic mass is 9.93. The predicted octanol–water partition coefficient (Wildman–Crippen LogP) is 2.53. The van der Waals surface area contributed by atoms with Crippen molar-refractivity contribution in [3.05, 3.63) is 0 Å². The zero-order chi connectivity index (χ0) is 13.4. The number of ether oxygens (including phenoxy) is 1. The fourth-order valence-electron chi connectivity index (χ4n) is 2.96. The van der Waals surface area contributed by atoms with Gasteiger partial charge in [0.2, 0.25) is 0 Å². The largest absolute Gasteiger partial charge is 0.444 e. The molecular formula is C14H26N2O2. The van der Waals surface area contributed by atoms with Gasteiger partial charge in [0.15, 0.2) is 0 Å². The molecule has 104 valence electrons. The third kappa shape index (κ3) is 2.97. The van der Waals surface area contributed by atoms with Gasteiger partial charge in [-0.1, -0.05) is 12.8 Å². The average Bonchev–Trinajstić information content (AvgIpc) is 2.68. The van der Waals surface area contributed by atoms with E-state index in [4.69, 9.17) is 4.74 Å². The van der Waals surface area contributed by atoms with E-state index in [1.807, 2.05) is 25.7 Å². The predicted molar refractivity (Wildman–Crippen MR) is 71.6 cm³/mol. The normalized spacial score (nSPS) is 27.6. The molecule has 0 aromatic heterocycles. The smallest absolute Gasteiger partial charge is 0.410 e. The molecule has 0 radical (unpaired) electrons. The van der Waals surface area contributed by atoms with Crippen LogP contribution < -0.4 is 5.32 Å². The Morgan fingerprint density at radius 2 is 1.94 bits per heavy atom. The lowest BCUT2D eigenvalue weighted by Crippen LogP contribution is -2.64. The molecule has 1 aliphatic carbocycles. The van der Waals surface area contributed by atoms with Gasteiger partial charge in [0.1, 0.15) is 5.60 Å². The third-order valence-corrected chi connectivity index (χ3v) is 3.97. The maximum absolute atomic E-state index is 12.2. The third-order valence-electron chi connectivity index (χ3n) is 3.97. The van der Waals surface area contributed by atoms with E-state index in [1.54, 1.807) is 0 Å². The summed E-state index contributed by atoms with van der Waals surface area (Å²) in [7, 11) is 0. The summed E-state index contributed by atoms with van der Waals surface area (Å²) in [5.41, 5.74) is -0.256. The fourth-order valence-corrected chi connectivity index (χ4v) is 2.96. The number of piperazine rings is 1. The lowest BCUT2D eigenvalue weighted by Gasteiger charge is -2.45. The molecule has 1 unspecified atom stereocenters. The monoisotopic (exact) mass is 254 g/mol. The van der Waals surface area contributed by atoms with Crippen molar-refractivity contribution in [3.8, 4) is 0 Å². The molecule has 2 aliphatic rings. The van der Waals surface area contributed by atoms with E-state index in [1.165, 1.54) is 25.7 Å². The number of amides is 1. The first-order valence-corrected chi connectivity index (χ1v) is 7.06. The molecule has 1 aliphatic heterocycles. The van der Waals surface area contributed by atoms with Crippen LogP contribution in [0.4, 0.5) is 4.79 Å². The average molecular weight is 254 g/mol. The van der Waals surface area contributed by atoms with Gasteiger partial charge in [-0.05, 0) is 40.5 Å². The summed E-state index contributed by atoms with van der Waals surface area (Å²) in [6.07, 6.45) is 4.73. The van der Waals surface area contributed by atoms with Crippen LogP contribution in [0.1, 0.15) is 53.4 Å². The Hall–Kier alpha value is -0.770. The number of carbonyl (C=O) groups is 1. The van der Waals surface area contributed by atoms with Crippen molar-refractivity contribution in [2.45, 2.75) is 70.6 Å². The van der Waals surface area contributed by atoms with E-state index in [9.17, 15) is 4.79 Å². The van der Waals surface area contributed by atoms with Crippen LogP contribution in [0, 0.1) is 0 Å². The van der Waals surface area contributed by atoms with Gasteiger partial charge in [0, 0.05) is 24.7 Å². The number of nitrogens with one attached hydrogen (secondary N) is 1. The van der Waals surface area contributed by atoms with Gasteiger partial charge < -0.3 is 15.0 Å². The van der Waals surface area contributed by atoms with Crippen molar-refractivity contribution >= 4 is 6.09 Å². The van der Waals surface area contributed by atoms with Crippen LogP contribution >= 0.6 is 0 Å². The Bertz CT molecular complexity index is 316. The second kappa shape index (κ2) is 4.72. The van der Waals surface area contributed by atoms with Gasteiger partial charge >= 0.3 is 6.09 Å². The highest BCUT2D eigenvalue weighted by Crippen LogP contribution is 2.33. The SMILES string of the molecule is CC1CNC2(CCCC2)CN1C(=O)OC(C)(C)C. The minimum Gasteiger partial charge on any atom is -0.444 e. The van der Waals surface area contributed by atoms with E-state index in [0.29, 0.717) is 0 Å². The number of rotatable bonds is 0. The second-order valence-electron chi connectivity index (χ2n) is 6.83. The molecule has 2 rings (SSSR count). The first-order chi connectivity index (χ1) is 8.31. The highest BCUT2D eigenvalue weighted by molar-refractivity contribution is 5.69. The molecule has 4 nitrogen and oxygen atoms in total. The maximum atomic E-state index is 12.2. The molecule has 18 heavy (non-hydrogen) atoms. The minimum atomic E-state index is -0.412. The van der Waals surface area contributed by atoms with E-state index < -0.39 is 5.60 Å². The molecule has 0 aromatic rings. The lowest BCUT2D eigenvalue weighted by molar-refractivity contribution is 0.000731. The van der Waals surface area contributed by atoms with E-state index >= 15 is 0 Å². The summed E-state index contributed by atoms with van der Waals surface area (Å²) in [5.74, 6) is 0. The summed E-state index contributed by atoms with van der Waals surface area (Å²) in [4.78, 5) is 14.1. The number of nitrogens with zero attached hydrogens (tertiary/aromatic N) is 1. The standard InChI is InChI=1S/C14H26N2O2/c1-11-9-15-14(7-5-6-8-14)10-16(11)12(17)18-13(2,3)4/h11,15H,5-10H2,1-4H3. The van der Waals surface area contributed by atoms with Gasteiger partial charge in [-0.3, -0.25) is 0 Å². The quantitative estimate of drug-likeness (QED) is 0.722. The molecule has 1 spiro atoms. The number of hydrogen-bond acceptors (Lipinski definition) is 3. The van der Waals surface area contributed by atoms with Crippen molar-refractivity contribution in [1.29, 1.82) is 0 Å². The summed E-state index contributed by atoms with van der Waals surface area (Å²) < 4.78 is 5.51. The van der Waals surface area contributed by atoms with E-state index in [0.717, 1.165) is 13.1 Å². The summed E-state index contributed by atoms with van der Waals surface area (Å²) >= 11 is 0. The van der Waals surface area contributed by atoms with Crippen LogP contribution in [0.2, 0.25) is 0 Å². The van der Waals surface area contributed by atoms with Crippen molar-refractivity contribution < 1.29 is 9.53 Å². The van der Waals surface area contributed by atoms with Crippen LogP contribution in [0.5, 0.6) is 0 Å². The van der Waals surface area contributed by atoms with Gasteiger partial charge in [-0.15, -0.1) is 0 Å². The molecule has 2 fully saturated rings. The Balaban J connectivity index is 2.03. The molecule has 1 saturated heterocycles. The Morgan fingerprint density at radius 3 is 2.50 bits per heavy atom. The van der Waals surface area contributed by atoms with Crippen molar-refractivity contribution in [3.63, 3.8) is 0 Å². The minimum absolute atomic E-state index is 0.156. The number of carbonyl (C=O) groups excluding carboxylic acids is 1. The molecule has 1 atom stereocenters. The molecule has 1 heterocycles. The fraction of sp³-hybridized carbons (Fsp3) is 0.929. The van der Waals surface area contributed by atoms with E-state index in [-0.39, 0.29) is 17.7 Å². The molecular weight excluding hydrogens is 228 g/mol. The topological polar surface area (TPSA) is 41.6 Å². The Morgan fingerprint density at radius 1 is 1.33 bits per heavy atom. The van der Waals surface area contributed by atoms with Crippen molar-refractivity contribution in [2.75, 3.05) is 13.1 Å². The van der Waals surface area contributed by atoms with Crippen LogP contribution in [0.3, 0.4) is 0 Å². The highest BCUT2D eigenvalue weighted by atomic mass is 16.6. The zero-order valence-corrected chi connectivity index (χ0v) is 12.1. The van der Waals surface area contributed by atoms with Crippen LogP contribution in [0.25, 0.3) is 0 Å². The van der Waals surface area contributed by atoms with Crippen molar-refractivity contribution in [2.24, 2.45) is 0 Å². The Kier molecular flexibility index (Phi) is 3.58. The van der Waals surface area contributed by atoms with Crippen LogP contribution in [0.15, 0.2) is 0 Å². The summed E-state index contributed by atoms with van der Waals surface area (Å²) in [5, 5.41) is 3.64. The number of hydrogen-bond donors (Lipinski definition) is 1. The molecule has 4 heteroatoms. The molecule has 1 amide bonds. The first kappa shape index (κ1) is 13.7. The highest BCUT2D eigenvalue weighted by Gasteiger charge is 2.42. The van der Waals surface area contributed by atoms with Gasteiger partial charge in [0.05, 0.1) is 0 Å². The molecule has 1 saturated carbocycles. The molecule has 0 bridgehead atoms. The van der Waals surface area contributed by atoms with Crippen LogP contribution in [-0.2, 0) is 4.74 Å². The zero-order valence-electron chi connectivity index (χ0n) is 12.1. The summed E-state index contributed by atoms with van der Waals surface area (Å²) in [6.45, 7) is 9.51. The van der Waals surface area contributed by atoms with E-state index in [2.05, 4.69) is 12.2 Å². The van der Waals surface area contributed by atoms with Gasteiger partial charge in [-0.25, -0.2) is 4.79 Å². The van der Waals surface area contributed by atoms with Crippen molar-refractivity contribution in [1.82, 2.24) is 10.2 Å². The van der Waals surface area contributed by atoms with Gasteiger partial charge in [0.25, 0.3) is 0 Å². The maximum Gasteiger partial charge on any atom is 0.410 e. The first-order valence-electron chi connectivity index (χ1n) is 7.06. The summed E-state index contributed by atoms with van der Waals surface area (Å²) in [6, 6.07) is 0.214. The van der Waals surface area contributed by atoms with Gasteiger partial charge in [-0.2, -0.15) is 0 Å². The molecule has 1 N–H and O–H groups in total. The second-order valence-corrected chi connectivity index (χ2v) is 6.83.